The molecule has 1 aromatic rings. The Labute approximate surface area is 136 Å². The predicted octanol–water partition coefficient (Wildman–Crippen LogP) is 3.82. The summed E-state index contributed by atoms with van der Waals surface area (Å²) in [5.41, 5.74) is 1.48. The average Bonchev–Trinajstić information content (AvgIpc) is 3.38. The van der Waals surface area contributed by atoms with E-state index in [-0.39, 0.29) is 0 Å². The van der Waals surface area contributed by atoms with Crippen LogP contribution in [-0.4, -0.2) is 48.6 Å². The summed E-state index contributed by atoms with van der Waals surface area (Å²) in [6, 6.07) is 11.8. The Morgan fingerprint density at radius 2 is 1.77 bits per heavy atom. The summed E-state index contributed by atoms with van der Waals surface area (Å²) in [5, 5.41) is 0. The second-order valence-corrected chi connectivity index (χ2v) is 7.25. The van der Waals surface area contributed by atoms with Crippen molar-refractivity contribution in [2.24, 2.45) is 5.92 Å². The monoisotopic (exact) mass is 300 g/mol. The van der Waals surface area contributed by atoms with E-state index < -0.39 is 0 Å². The maximum absolute atomic E-state index is 2.81. The average molecular weight is 300 g/mol. The van der Waals surface area contributed by atoms with Crippen LogP contribution in [0.15, 0.2) is 30.3 Å². The van der Waals surface area contributed by atoms with Gasteiger partial charge in [-0.05, 0) is 69.6 Å². The molecular formula is C20H32N2. The van der Waals surface area contributed by atoms with E-state index in [0.717, 1.165) is 12.0 Å². The van der Waals surface area contributed by atoms with Crippen LogP contribution in [0.1, 0.15) is 44.6 Å². The number of nitrogens with zero attached hydrogens (tertiary/aromatic N) is 2. The second kappa shape index (κ2) is 8.12. The largest absolute Gasteiger partial charge is 0.303 e. The molecule has 0 N–H and O–H groups in total. The lowest BCUT2D eigenvalue weighted by Gasteiger charge is -2.38. The molecule has 2 nitrogen and oxygen atoms in total. The topological polar surface area (TPSA) is 6.48 Å². The van der Waals surface area contributed by atoms with E-state index in [2.05, 4.69) is 47.1 Å². The SMILES string of the molecule is CCCN(CC1CC1)C1CCN(CCc2ccccc2)CC1. The highest BCUT2D eigenvalue weighted by Crippen LogP contribution is 2.31. The lowest BCUT2D eigenvalue weighted by atomic mass is 10.0. The second-order valence-electron chi connectivity index (χ2n) is 7.25. The molecule has 3 rings (SSSR count). The van der Waals surface area contributed by atoms with E-state index in [1.54, 1.807) is 0 Å². The zero-order valence-corrected chi connectivity index (χ0v) is 14.2. The van der Waals surface area contributed by atoms with Gasteiger partial charge in [0, 0.05) is 19.1 Å². The van der Waals surface area contributed by atoms with E-state index in [4.69, 9.17) is 0 Å². The summed E-state index contributed by atoms with van der Waals surface area (Å²) < 4.78 is 0. The summed E-state index contributed by atoms with van der Waals surface area (Å²) in [4.78, 5) is 5.48. The van der Waals surface area contributed by atoms with Gasteiger partial charge in [0.1, 0.15) is 0 Å². The van der Waals surface area contributed by atoms with Crippen molar-refractivity contribution in [2.75, 3.05) is 32.7 Å². The molecule has 1 heterocycles. The van der Waals surface area contributed by atoms with Gasteiger partial charge in [0.05, 0.1) is 0 Å². The Balaban J connectivity index is 1.41. The molecule has 1 saturated carbocycles. The van der Waals surface area contributed by atoms with Crippen LogP contribution >= 0.6 is 0 Å². The van der Waals surface area contributed by atoms with Crippen LogP contribution in [0.4, 0.5) is 0 Å². The molecule has 0 atom stereocenters. The lowest BCUT2D eigenvalue weighted by Crippen LogP contribution is -2.46. The molecule has 1 aliphatic heterocycles. The molecule has 1 aliphatic carbocycles. The number of hydrogen-bond acceptors (Lipinski definition) is 2. The summed E-state index contributed by atoms with van der Waals surface area (Å²) in [6.45, 7) is 8.83. The van der Waals surface area contributed by atoms with Gasteiger partial charge in [0.25, 0.3) is 0 Å². The first-order valence-electron chi connectivity index (χ1n) is 9.35. The third-order valence-corrected chi connectivity index (χ3v) is 5.33. The van der Waals surface area contributed by atoms with Crippen molar-refractivity contribution in [1.29, 1.82) is 0 Å². The standard InChI is InChI=1S/C20H32N2/c1-2-13-22(17-19-8-9-19)20-11-15-21(16-12-20)14-10-18-6-4-3-5-7-18/h3-7,19-20H,2,8-17H2,1H3. The van der Waals surface area contributed by atoms with Gasteiger partial charge in [-0.25, -0.2) is 0 Å². The van der Waals surface area contributed by atoms with Crippen molar-refractivity contribution < 1.29 is 0 Å². The van der Waals surface area contributed by atoms with Gasteiger partial charge in [-0.1, -0.05) is 37.3 Å². The fraction of sp³-hybridized carbons (Fsp3) is 0.700. The highest BCUT2D eigenvalue weighted by atomic mass is 15.2. The van der Waals surface area contributed by atoms with E-state index >= 15 is 0 Å². The van der Waals surface area contributed by atoms with Gasteiger partial charge < -0.3 is 9.80 Å². The Bertz CT molecular complexity index is 419. The first-order chi connectivity index (χ1) is 10.8. The maximum atomic E-state index is 2.81. The van der Waals surface area contributed by atoms with Crippen LogP contribution in [0, 0.1) is 5.92 Å². The van der Waals surface area contributed by atoms with Crippen molar-refractivity contribution in [1.82, 2.24) is 9.80 Å². The molecule has 2 aliphatic rings. The lowest BCUT2D eigenvalue weighted by molar-refractivity contribution is 0.105. The van der Waals surface area contributed by atoms with Crippen molar-refractivity contribution in [3.05, 3.63) is 35.9 Å². The van der Waals surface area contributed by atoms with Crippen LogP contribution in [0.3, 0.4) is 0 Å². The molecule has 0 aromatic heterocycles. The summed E-state index contributed by atoms with van der Waals surface area (Å²) >= 11 is 0. The quantitative estimate of drug-likeness (QED) is 0.720. The van der Waals surface area contributed by atoms with Crippen molar-refractivity contribution in [3.63, 3.8) is 0 Å². The fourth-order valence-corrected chi connectivity index (χ4v) is 3.78. The molecule has 1 saturated heterocycles. The summed E-state index contributed by atoms with van der Waals surface area (Å²) in [5.74, 6) is 1.03. The third kappa shape index (κ3) is 4.82. The highest BCUT2D eigenvalue weighted by molar-refractivity contribution is 5.14. The van der Waals surface area contributed by atoms with E-state index in [1.807, 2.05) is 0 Å². The van der Waals surface area contributed by atoms with Crippen molar-refractivity contribution in [3.8, 4) is 0 Å². The zero-order valence-electron chi connectivity index (χ0n) is 14.2. The van der Waals surface area contributed by atoms with Crippen molar-refractivity contribution >= 4 is 0 Å². The number of benzene rings is 1. The zero-order chi connectivity index (χ0) is 15.2. The normalized spacial score (nSPS) is 20.6. The number of hydrogen-bond donors (Lipinski definition) is 0. The molecule has 2 heteroatoms. The van der Waals surface area contributed by atoms with Gasteiger partial charge in [-0.3, -0.25) is 0 Å². The van der Waals surface area contributed by atoms with Crippen LogP contribution < -0.4 is 0 Å². The molecule has 0 radical (unpaired) electrons. The Morgan fingerprint density at radius 1 is 1.05 bits per heavy atom. The fourth-order valence-electron chi connectivity index (χ4n) is 3.78. The number of likely N-dealkylation sites (tertiary alicyclic amines) is 1. The van der Waals surface area contributed by atoms with Crippen LogP contribution in [0.25, 0.3) is 0 Å². The van der Waals surface area contributed by atoms with Crippen LogP contribution in [0.2, 0.25) is 0 Å². The highest BCUT2D eigenvalue weighted by Gasteiger charge is 2.29. The van der Waals surface area contributed by atoms with Gasteiger partial charge in [-0.15, -0.1) is 0 Å². The predicted molar refractivity (Wildman–Crippen MR) is 94.2 cm³/mol. The molecule has 0 spiro atoms. The molecule has 2 fully saturated rings. The number of rotatable bonds is 8. The molecule has 0 bridgehead atoms. The summed E-state index contributed by atoms with van der Waals surface area (Å²) in [7, 11) is 0. The minimum atomic E-state index is 0.855. The summed E-state index contributed by atoms with van der Waals surface area (Å²) in [6.07, 6.45) is 8.22. The smallest absolute Gasteiger partial charge is 0.0120 e. The Morgan fingerprint density at radius 3 is 2.41 bits per heavy atom. The maximum Gasteiger partial charge on any atom is 0.0120 e. The van der Waals surface area contributed by atoms with Gasteiger partial charge in [0.15, 0.2) is 0 Å². The molecule has 1 aromatic carbocycles. The molecule has 0 unspecified atom stereocenters. The minimum Gasteiger partial charge on any atom is -0.303 e. The van der Waals surface area contributed by atoms with Crippen LogP contribution in [-0.2, 0) is 6.42 Å². The van der Waals surface area contributed by atoms with E-state index in [0.29, 0.717) is 0 Å². The molecular weight excluding hydrogens is 268 g/mol. The van der Waals surface area contributed by atoms with E-state index in [1.165, 1.54) is 76.8 Å². The van der Waals surface area contributed by atoms with Gasteiger partial charge in [0.2, 0.25) is 0 Å². The first-order valence-corrected chi connectivity index (χ1v) is 9.35. The Hall–Kier alpha value is -0.860. The first kappa shape index (κ1) is 16.0. The molecule has 22 heavy (non-hydrogen) atoms. The third-order valence-electron chi connectivity index (χ3n) is 5.33. The van der Waals surface area contributed by atoms with Crippen molar-refractivity contribution in [2.45, 2.75) is 51.5 Å². The van der Waals surface area contributed by atoms with Crippen LogP contribution in [0.5, 0.6) is 0 Å². The number of piperidine rings is 1. The Kier molecular flexibility index (Phi) is 5.91. The minimum absolute atomic E-state index is 0.855. The van der Waals surface area contributed by atoms with Gasteiger partial charge >= 0.3 is 0 Å². The molecule has 122 valence electrons. The van der Waals surface area contributed by atoms with Gasteiger partial charge in [-0.2, -0.15) is 0 Å². The molecule has 0 amide bonds. The van der Waals surface area contributed by atoms with E-state index in [9.17, 15) is 0 Å².